The molecule has 0 bridgehead atoms. The number of halogens is 2. The Morgan fingerprint density at radius 2 is 1.77 bits per heavy atom. The molecule has 0 aliphatic carbocycles. The fourth-order valence-electron chi connectivity index (χ4n) is 2.18. The van der Waals surface area contributed by atoms with Crippen molar-refractivity contribution in [2.75, 3.05) is 5.32 Å². The number of benzene rings is 2. The highest BCUT2D eigenvalue weighted by Gasteiger charge is 2.23. The quantitative estimate of drug-likeness (QED) is 0.596. The molecule has 1 heterocycles. The molecule has 0 spiro atoms. The van der Waals surface area contributed by atoms with Crippen molar-refractivity contribution >= 4 is 49.0 Å². The maximum atomic E-state index is 12.6. The molecule has 3 aromatic rings. The normalized spacial score (nSPS) is 11.3. The molecule has 0 saturated carbocycles. The minimum absolute atomic E-state index is 0.0762. The number of aryl methyl sites for hydroxylation is 1. The van der Waals surface area contributed by atoms with Gasteiger partial charge in [-0.15, -0.1) is 0 Å². The minimum atomic E-state index is -3.84. The van der Waals surface area contributed by atoms with E-state index >= 15 is 0 Å². The zero-order valence-electron chi connectivity index (χ0n) is 13.5. The maximum Gasteiger partial charge on any atom is 0.291 e. The topological polar surface area (TPSA) is 76.4 Å². The van der Waals surface area contributed by atoms with Crippen molar-refractivity contribution in [3.05, 3.63) is 75.4 Å². The molecule has 0 radical (unpaired) electrons. The number of furan rings is 1. The average Bonchev–Trinajstić information content (AvgIpc) is 3.10. The number of rotatable bonds is 4. The molecule has 5 nitrogen and oxygen atoms in total. The van der Waals surface area contributed by atoms with Crippen LogP contribution < -0.4 is 5.32 Å². The van der Waals surface area contributed by atoms with Crippen molar-refractivity contribution in [1.29, 1.82) is 0 Å². The molecule has 0 unspecified atom stereocenters. The minimum Gasteiger partial charge on any atom is -0.439 e. The molecule has 2 aromatic carbocycles. The van der Waals surface area contributed by atoms with E-state index in [0.717, 1.165) is 10.0 Å². The van der Waals surface area contributed by atoms with Gasteiger partial charge >= 0.3 is 0 Å². The first-order valence-electron chi connectivity index (χ1n) is 7.45. The third-order valence-electron chi connectivity index (χ3n) is 3.62. The summed E-state index contributed by atoms with van der Waals surface area (Å²) < 4.78 is 31.2. The zero-order chi connectivity index (χ0) is 18.9. The maximum absolute atomic E-state index is 12.6. The Kier molecular flexibility index (Phi) is 5.22. The first-order chi connectivity index (χ1) is 12.3. The summed E-state index contributed by atoms with van der Waals surface area (Å²) in [6.07, 6.45) is 0. The second kappa shape index (κ2) is 7.26. The molecule has 8 heteroatoms. The Hall–Kier alpha value is -2.09. The molecule has 0 aliphatic rings. The highest BCUT2D eigenvalue weighted by molar-refractivity contribution is 9.10. The van der Waals surface area contributed by atoms with Crippen molar-refractivity contribution in [3.8, 4) is 0 Å². The zero-order valence-corrected chi connectivity index (χ0v) is 16.7. The van der Waals surface area contributed by atoms with Crippen molar-refractivity contribution in [2.45, 2.75) is 16.9 Å². The molecule has 1 amide bonds. The van der Waals surface area contributed by atoms with Gasteiger partial charge in [0.05, 0.1) is 4.90 Å². The molecule has 0 atom stereocenters. The van der Waals surface area contributed by atoms with Crippen LogP contribution in [-0.2, 0) is 9.84 Å². The molecule has 0 saturated heterocycles. The summed E-state index contributed by atoms with van der Waals surface area (Å²) in [5, 5.41) is 2.84. The summed E-state index contributed by atoms with van der Waals surface area (Å²) in [6.45, 7) is 1.85. The first kappa shape index (κ1) is 18.7. The lowest BCUT2D eigenvalue weighted by Crippen LogP contribution is -2.11. The molecule has 26 heavy (non-hydrogen) atoms. The summed E-state index contributed by atoms with van der Waals surface area (Å²) in [7, 11) is -3.84. The van der Waals surface area contributed by atoms with Gasteiger partial charge in [-0.05, 0) is 61.0 Å². The van der Waals surface area contributed by atoms with Crippen molar-refractivity contribution in [3.63, 3.8) is 0 Å². The van der Waals surface area contributed by atoms with Crippen LogP contribution >= 0.6 is 27.5 Å². The number of nitrogens with one attached hydrogen (secondary N) is 1. The highest BCUT2D eigenvalue weighted by atomic mass is 79.9. The predicted octanol–water partition coefficient (Wildman–Crippen LogP) is 5.09. The van der Waals surface area contributed by atoms with E-state index in [1.54, 1.807) is 30.3 Å². The number of sulfone groups is 1. The van der Waals surface area contributed by atoms with Gasteiger partial charge in [-0.3, -0.25) is 4.79 Å². The Morgan fingerprint density at radius 1 is 1.08 bits per heavy atom. The summed E-state index contributed by atoms with van der Waals surface area (Å²) in [4.78, 5) is 12.4. The van der Waals surface area contributed by atoms with Crippen molar-refractivity contribution in [2.24, 2.45) is 0 Å². The number of carbonyl (C=O) groups excluding carboxylic acids is 1. The summed E-state index contributed by atoms with van der Waals surface area (Å²) in [6, 6.07) is 13.8. The van der Waals surface area contributed by atoms with Gasteiger partial charge in [-0.2, -0.15) is 0 Å². The molecular formula is C18H13BrClNO4S. The molecule has 1 aromatic heterocycles. The van der Waals surface area contributed by atoms with Gasteiger partial charge in [0, 0.05) is 15.2 Å². The lowest BCUT2D eigenvalue weighted by atomic mass is 10.2. The van der Waals surface area contributed by atoms with E-state index in [1.165, 1.54) is 24.3 Å². The average molecular weight is 455 g/mol. The monoisotopic (exact) mass is 453 g/mol. The van der Waals surface area contributed by atoms with Gasteiger partial charge in [0.1, 0.15) is 0 Å². The summed E-state index contributed by atoms with van der Waals surface area (Å²) in [5.74, 6) is -0.681. The van der Waals surface area contributed by atoms with Gasteiger partial charge in [-0.25, -0.2) is 8.42 Å². The summed E-state index contributed by atoms with van der Waals surface area (Å²) >= 11 is 9.28. The second-order valence-electron chi connectivity index (χ2n) is 5.49. The predicted molar refractivity (Wildman–Crippen MR) is 102 cm³/mol. The number of anilines is 1. The van der Waals surface area contributed by atoms with E-state index in [1.807, 2.05) is 6.92 Å². The van der Waals surface area contributed by atoms with Crippen LogP contribution in [0.5, 0.6) is 0 Å². The van der Waals surface area contributed by atoms with Gasteiger partial charge in [0.15, 0.2) is 5.76 Å². The van der Waals surface area contributed by atoms with E-state index in [4.69, 9.17) is 16.0 Å². The lowest BCUT2D eigenvalue weighted by Gasteiger charge is -2.05. The van der Waals surface area contributed by atoms with Crippen molar-refractivity contribution < 1.29 is 17.6 Å². The number of carbonyl (C=O) groups is 1. The van der Waals surface area contributed by atoms with Crippen LogP contribution in [0.15, 0.2) is 73.5 Å². The fraction of sp³-hybridized carbons (Fsp3) is 0.0556. The fourth-order valence-corrected chi connectivity index (χ4v) is 3.80. The number of hydrogen-bond acceptors (Lipinski definition) is 4. The SMILES string of the molecule is Cc1ccc(NC(=O)c2ccc(S(=O)(=O)c3ccc(Br)cc3)o2)cc1Cl. The molecule has 1 N–H and O–H groups in total. The lowest BCUT2D eigenvalue weighted by molar-refractivity contribution is 0.0991. The third-order valence-corrected chi connectivity index (χ3v) is 6.20. The Balaban J connectivity index is 1.83. The number of hydrogen-bond donors (Lipinski definition) is 1. The second-order valence-corrected chi connectivity index (χ2v) is 8.70. The van der Waals surface area contributed by atoms with E-state index in [9.17, 15) is 13.2 Å². The Bertz CT molecular complexity index is 1070. The van der Waals surface area contributed by atoms with E-state index < -0.39 is 15.7 Å². The van der Waals surface area contributed by atoms with Crippen LogP contribution in [0.2, 0.25) is 5.02 Å². The molecule has 0 fully saturated rings. The third kappa shape index (κ3) is 3.85. The van der Waals surface area contributed by atoms with Crippen LogP contribution in [0.25, 0.3) is 0 Å². The molecule has 0 aliphatic heterocycles. The van der Waals surface area contributed by atoms with E-state index in [0.29, 0.717) is 10.7 Å². The highest BCUT2D eigenvalue weighted by Crippen LogP contribution is 2.25. The summed E-state index contributed by atoms with van der Waals surface area (Å²) in [5.41, 5.74) is 1.37. The van der Waals surface area contributed by atoms with Gasteiger partial charge < -0.3 is 9.73 Å². The van der Waals surface area contributed by atoms with Crippen LogP contribution in [0, 0.1) is 6.92 Å². The van der Waals surface area contributed by atoms with Crippen LogP contribution in [0.1, 0.15) is 16.1 Å². The van der Waals surface area contributed by atoms with Gasteiger partial charge in [0.25, 0.3) is 5.91 Å². The largest absolute Gasteiger partial charge is 0.439 e. The van der Waals surface area contributed by atoms with E-state index in [2.05, 4.69) is 21.2 Å². The van der Waals surface area contributed by atoms with Gasteiger partial charge in [-0.1, -0.05) is 33.6 Å². The Labute approximate surface area is 164 Å². The first-order valence-corrected chi connectivity index (χ1v) is 10.1. The standard InChI is InChI=1S/C18H13BrClNO4S/c1-11-2-5-13(10-15(11)20)21-18(22)16-8-9-17(25-16)26(23,24)14-6-3-12(19)4-7-14/h2-10H,1H3,(H,21,22). The van der Waals surface area contributed by atoms with Gasteiger partial charge in [0.2, 0.25) is 14.9 Å². The van der Waals surface area contributed by atoms with E-state index in [-0.39, 0.29) is 15.7 Å². The smallest absolute Gasteiger partial charge is 0.291 e. The molecule has 134 valence electrons. The molecule has 3 rings (SSSR count). The Morgan fingerprint density at radius 3 is 2.42 bits per heavy atom. The molecular weight excluding hydrogens is 442 g/mol. The number of amides is 1. The van der Waals surface area contributed by atoms with Crippen LogP contribution in [-0.4, -0.2) is 14.3 Å². The van der Waals surface area contributed by atoms with Crippen LogP contribution in [0.4, 0.5) is 5.69 Å². The van der Waals surface area contributed by atoms with Crippen LogP contribution in [0.3, 0.4) is 0 Å². The van der Waals surface area contributed by atoms with Crippen molar-refractivity contribution in [1.82, 2.24) is 0 Å².